The number of hydrogen-bond acceptors (Lipinski definition) is 6. The molecule has 4 rings (SSSR count). The number of aryl methyl sites for hydroxylation is 1. The van der Waals surface area contributed by atoms with Crippen molar-refractivity contribution < 1.29 is 9.53 Å². The van der Waals surface area contributed by atoms with Gasteiger partial charge in [-0.25, -0.2) is 14.5 Å². The first-order valence-corrected chi connectivity index (χ1v) is 9.75. The van der Waals surface area contributed by atoms with Crippen LogP contribution >= 0.6 is 0 Å². The number of hydrogen-bond donors (Lipinski definition) is 0. The Morgan fingerprint density at radius 1 is 1.21 bits per heavy atom. The van der Waals surface area contributed by atoms with Crippen LogP contribution in [0.3, 0.4) is 0 Å². The third kappa shape index (κ3) is 4.13. The molecule has 3 aromatic heterocycles. The Kier molecular flexibility index (Phi) is 5.28. The molecule has 9 heteroatoms. The number of imidazole rings is 1. The predicted molar refractivity (Wildman–Crippen MR) is 106 cm³/mol. The van der Waals surface area contributed by atoms with E-state index < -0.39 is 0 Å². The monoisotopic (exact) mass is 396 g/mol. The van der Waals surface area contributed by atoms with E-state index >= 15 is 0 Å². The Morgan fingerprint density at radius 2 is 2.00 bits per heavy atom. The van der Waals surface area contributed by atoms with E-state index in [0.717, 1.165) is 18.5 Å². The summed E-state index contributed by atoms with van der Waals surface area (Å²) in [6.45, 7) is 5.44. The second-order valence-electron chi connectivity index (χ2n) is 7.42. The lowest BCUT2D eigenvalue weighted by molar-refractivity contribution is -0.133. The number of carbonyl (C=O) groups excluding carboxylic acids is 1. The molecule has 0 saturated carbocycles. The summed E-state index contributed by atoms with van der Waals surface area (Å²) in [5.74, 6) is 0.879. The SMILES string of the molecule is Cc1ncn(CC(=O)N2CCC(COc3ccc4nccn4n3)CC2)c(=O)c1C. The van der Waals surface area contributed by atoms with Crippen LogP contribution in [-0.2, 0) is 11.3 Å². The molecular weight excluding hydrogens is 372 g/mol. The molecule has 1 amide bonds. The average molecular weight is 396 g/mol. The third-order valence-electron chi connectivity index (χ3n) is 5.49. The van der Waals surface area contributed by atoms with E-state index in [9.17, 15) is 9.59 Å². The smallest absolute Gasteiger partial charge is 0.256 e. The standard InChI is InChI=1S/C20H24N6O3/c1-14-15(2)22-13-25(20(14)28)11-19(27)24-8-5-16(6-9-24)12-29-18-4-3-17-21-7-10-26(17)23-18/h3-4,7,10,13,16H,5-6,8-9,11-12H2,1-2H3. The summed E-state index contributed by atoms with van der Waals surface area (Å²) < 4.78 is 8.91. The highest BCUT2D eigenvalue weighted by Crippen LogP contribution is 2.19. The van der Waals surface area contributed by atoms with Gasteiger partial charge in [-0.2, -0.15) is 0 Å². The first kappa shape index (κ1) is 19.1. The Morgan fingerprint density at radius 3 is 2.79 bits per heavy atom. The molecule has 1 aliphatic rings. The topological polar surface area (TPSA) is 94.6 Å². The van der Waals surface area contributed by atoms with Crippen LogP contribution in [0.5, 0.6) is 5.88 Å². The molecule has 0 atom stereocenters. The minimum absolute atomic E-state index is 0.0307. The number of amides is 1. The van der Waals surface area contributed by atoms with Crippen molar-refractivity contribution in [3.63, 3.8) is 0 Å². The average Bonchev–Trinajstić information content (AvgIpc) is 3.21. The van der Waals surface area contributed by atoms with Crippen molar-refractivity contribution >= 4 is 11.6 Å². The summed E-state index contributed by atoms with van der Waals surface area (Å²) in [7, 11) is 0. The molecule has 1 fully saturated rings. The van der Waals surface area contributed by atoms with Crippen molar-refractivity contribution in [3.8, 4) is 5.88 Å². The van der Waals surface area contributed by atoms with Gasteiger partial charge in [0, 0.05) is 42.8 Å². The van der Waals surface area contributed by atoms with E-state index in [-0.39, 0.29) is 18.0 Å². The van der Waals surface area contributed by atoms with Crippen LogP contribution in [0.1, 0.15) is 24.1 Å². The van der Waals surface area contributed by atoms with Gasteiger partial charge in [0.25, 0.3) is 5.56 Å². The van der Waals surface area contributed by atoms with Crippen LogP contribution in [0.25, 0.3) is 5.65 Å². The molecule has 0 bridgehead atoms. The molecule has 0 spiro atoms. The lowest BCUT2D eigenvalue weighted by Crippen LogP contribution is -2.42. The Bertz CT molecular complexity index is 1080. The van der Waals surface area contributed by atoms with E-state index in [1.807, 2.05) is 17.0 Å². The van der Waals surface area contributed by atoms with Crippen LogP contribution in [0, 0.1) is 19.8 Å². The van der Waals surface area contributed by atoms with Crippen LogP contribution in [-0.4, -0.2) is 54.7 Å². The number of nitrogens with zero attached hydrogens (tertiary/aromatic N) is 6. The van der Waals surface area contributed by atoms with Crippen molar-refractivity contribution in [1.29, 1.82) is 0 Å². The first-order chi connectivity index (χ1) is 14.0. The van der Waals surface area contributed by atoms with Crippen LogP contribution in [0.4, 0.5) is 0 Å². The van der Waals surface area contributed by atoms with E-state index in [1.54, 1.807) is 30.8 Å². The Hall–Kier alpha value is -3.23. The molecule has 0 N–H and O–H groups in total. The maximum atomic E-state index is 12.6. The van der Waals surface area contributed by atoms with Gasteiger partial charge < -0.3 is 9.64 Å². The van der Waals surface area contributed by atoms with Gasteiger partial charge in [0.2, 0.25) is 11.8 Å². The summed E-state index contributed by atoms with van der Waals surface area (Å²) in [6.07, 6.45) is 6.65. The number of rotatable bonds is 5. The molecule has 3 aromatic rings. The summed E-state index contributed by atoms with van der Waals surface area (Å²) in [5.41, 5.74) is 1.90. The Balaban J connectivity index is 1.28. The van der Waals surface area contributed by atoms with Crippen molar-refractivity contribution in [2.45, 2.75) is 33.2 Å². The second kappa shape index (κ2) is 8.02. The number of ether oxygens (including phenoxy) is 1. The van der Waals surface area contributed by atoms with E-state index in [4.69, 9.17) is 4.74 Å². The highest BCUT2D eigenvalue weighted by Gasteiger charge is 2.24. The number of likely N-dealkylation sites (tertiary alicyclic amines) is 1. The molecule has 0 aliphatic carbocycles. The highest BCUT2D eigenvalue weighted by molar-refractivity contribution is 5.76. The van der Waals surface area contributed by atoms with Crippen LogP contribution < -0.4 is 10.3 Å². The van der Waals surface area contributed by atoms with Crippen LogP contribution in [0.15, 0.2) is 35.6 Å². The molecule has 9 nitrogen and oxygen atoms in total. The zero-order chi connectivity index (χ0) is 20.4. The fourth-order valence-corrected chi connectivity index (χ4v) is 3.46. The number of fused-ring (bicyclic) bond motifs is 1. The van der Waals surface area contributed by atoms with E-state index in [0.29, 0.717) is 42.8 Å². The fourth-order valence-electron chi connectivity index (χ4n) is 3.46. The maximum absolute atomic E-state index is 12.6. The van der Waals surface area contributed by atoms with E-state index in [1.165, 1.54) is 10.9 Å². The molecule has 4 heterocycles. The molecule has 0 aromatic carbocycles. The highest BCUT2D eigenvalue weighted by atomic mass is 16.5. The second-order valence-corrected chi connectivity index (χ2v) is 7.42. The maximum Gasteiger partial charge on any atom is 0.256 e. The normalized spacial score (nSPS) is 15.0. The van der Waals surface area contributed by atoms with Gasteiger partial charge in [-0.1, -0.05) is 0 Å². The summed E-state index contributed by atoms with van der Waals surface area (Å²) in [5, 5.41) is 4.36. The molecule has 1 saturated heterocycles. The zero-order valence-corrected chi connectivity index (χ0v) is 16.6. The lowest BCUT2D eigenvalue weighted by Gasteiger charge is -2.32. The quantitative estimate of drug-likeness (QED) is 0.644. The molecule has 1 aliphatic heterocycles. The minimum atomic E-state index is -0.156. The summed E-state index contributed by atoms with van der Waals surface area (Å²) in [4.78, 5) is 35.0. The summed E-state index contributed by atoms with van der Waals surface area (Å²) >= 11 is 0. The lowest BCUT2D eigenvalue weighted by atomic mass is 9.98. The molecular formula is C20H24N6O3. The van der Waals surface area contributed by atoms with Crippen molar-refractivity contribution in [1.82, 2.24) is 29.0 Å². The first-order valence-electron chi connectivity index (χ1n) is 9.75. The van der Waals surface area contributed by atoms with Gasteiger partial charge in [-0.05, 0) is 38.7 Å². The molecule has 0 radical (unpaired) electrons. The van der Waals surface area contributed by atoms with Crippen LogP contribution in [0.2, 0.25) is 0 Å². The van der Waals surface area contributed by atoms with Gasteiger partial charge in [0.15, 0.2) is 5.65 Å². The van der Waals surface area contributed by atoms with Gasteiger partial charge in [0.05, 0.1) is 12.9 Å². The van der Waals surface area contributed by atoms with Gasteiger partial charge in [-0.3, -0.25) is 14.2 Å². The van der Waals surface area contributed by atoms with Gasteiger partial charge >= 0.3 is 0 Å². The molecule has 0 unspecified atom stereocenters. The largest absolute Gasteiger partial charge is 0.476 e. The van der Waals surface area contributed by atoms with Crippen molar-refractivity contribution in [2.75, 3.05) is 19.7 Å². The predicted octanol–water partition coefficient (Wildman–Crippen LogP) is 1.22. The molecule has 152 valence electrons. The van der Waals surface area contributed by atoms with Crippen molar-refractivity contribution in [3.05, 3.63) is 52.5 Å². The fraction of sp³-hybridized carbons (Fsp3) is 0.450. The number of piperidine rings is 1. The van der Waals surface area contributed by atoms with E-state index in [2.05, 4.69) is 15.1 Å². The number of carbonyl (C=O) groups is 1. The molecule has 29 heavy (non-hydrogen) atoms. The Labute approximate surface area is 168 Å². The zero-order valence-electron chi connectivity index (χ0n) is 16.6. The third-order valence-corrected chi connectivity index (χ3v) is 5.49. The summed E-state index contributed by atoms with van der Waals surface area (Å²) in [6, 6.07) is 3.68. The van der Waals surface area contributed by atoms with Gasteiger partial charge in [0.1, 0.15) is 6.54 Å². The van der Waals surface area contributed by atoms with Crippen molar-refractivity contribution in [2.24, 2.45) is 5.92 Å². The number of aromatic nitrogens is 5. The van der Waals surface area contributed by atoms with Gasteiger partial charge in [-0.15, -0.1) is 5.10 Å². The minimum Gasteiger partial charge on any atom is -0.476 e.